The first kappa shape index (κ1) is 10.0. The van der Waals surface area contributed by atoms with Crippen molar-refractivity contribution in [3.05, 3.63) is 24.3 Å². The zero-order chi connectivity index (χ0) is 9.68. The summed E-state index contributed by atoms with van der Waals surface area (Å²) in [4.78, 5) is 8.85. The summed E-state index contributed by atoms with van der Waals surface area (Å²) in [6.07, 6.45) is 0. The van der Waals surface area contributed by atoms with Gasteiger partial charge in [-0.15, -0.1) is 0 Å². The van der Waals surface area contributed by atoms with E-state index in [1.54, 1.807) is 31.4 Å². The minimum atomic E-state index is -1.06. The lowest BCUT2D eigenvalue weighted by Crippen LogP contribution is -2.33. The van der Waals surface area contributed by atoms with E-state index in [0.29, 0.717) is 5.46 Å². The van der Waals surface area contributed by atoms with Gasteiger partial charge in [-0.1, -0.05) is 12.1 Å². The molecule has 0 heterocycles. The van der Waals surface area contributed by atoms with Gasteiger partial charge in [-0.25, -0.2) is 0 Å². The van der Waals surface area contributed by atoms with Crippen LogP contribution in [0.2, 0.25) is 0 Å². The molecule has 0 aliphatic carbocycles. The number of ether oxygens (including phenoxy) is 1. The lowest BCUT2D eigenvalue weighted by Gasteiger charge is -2.05. The molecular formula is C8H11BO4. The minimum Gasteiger partial charge on any atom is -0.497 e. The molecule has 1 aromatic rings. The lowest BCUT2D eigenvalue weighted by molar-refractivity contribution is -0.193. The molecule has 4 nitrogen and oxygen atoms in total. The maximum atomic E-state index is 9.30. The highest BCUT2D eigenvalue weighted by molar-refractivity contribution is 6.59. The van der Waals surface area contributed by atoms with Gasteiger partial charge in [0.1, 0.15) is 5.75 Å². The van der Waals surface area contributed by atoms with E-state index >= 15 is 0 Å². The fourth-order valence-corrected chi connectivity index (χ4v) is 0.915. The standard InChI is InChI=1S/C8H11BO4/c1-11-8-5-3-7(4-6-8)9(10)13-12-2/h3-6,10H,1-2H3. The molecule has 0 amide bonds. The summed E-state index contributed by atoms with van der Waals surface area (Å²) in [6, 6.07) is 6.86. The van der Waals surface area contributed by atoms with Crippen LogP contribution in [-0.2, 0) is 9.69 Å². The third kappa shape index (κ3) is 2.73. The van der Waals surface area contributed by atoms with Crippen LogP contribution in [0, 0.1) is 0 Å². The van der Waals surface area contributed by atoms with E-state index in [0.717, 1.165) is 5.75 Å². The molecule has 0 aliphatic heterocycles. The van der Waals surface area contributed by atoms with Gasteiger partial charge in [0.05, 0.1) is 14.2 Å². The molecule has 0 fully saturated rings. The van der Waals surface area contributed by atoms with Crippen LogP contribution < -0.4 is 10.2 Å². The van der Waals surface area contributed by atoms with E-state index in [1.165, 1.54) is 7.11 Å². The van der Waals surface area contributed by atoms with Crippen LogP contribution in [0.1, 0.15) is 0 Å². The fraction of sp³-hybridized carbons (Fsp3) is 0.250. The molecule has 1 rings (SSSR count). The van der Waals surface area contributed by atoms with Crippen molar-refractivity contribution in [3.8, 4) is 5.75 Å². The van der Waals surface area contributed by atoms with Crippen molar-refractivity contribution in [2.24, 2.45) is 0 Å². The van der Waals surface area contributed by atoms with Crippen molar-refractivity contribution in [1.29, 1.82) is 0 Å². The van der Waals surface area contributed by atoms with Crippen LogP contribution in [0.25, 0.3) is 0 Å². The average Bonchev–Trinajstić information content (AvgIpc) is 2.18. The minimum absolute atomic E-state index is 0.614. The molecule has 0 spiro atoms. The topological polar surface area (TPSA) is 47.9 Å². The van der Waals surface area contributed by atoms with Gasteiger partial charge in [-0.05, 0) is 17.6 Å². The molecule has 70 valence electrons. The van der Waals surface area contributed by atoms with Crippen LogP contribution in [0.4, 0.5) is 0 Å². The van der Waals surface area contributed by atoms with Crippen LogP contribution in [0.5, 0.6) is 5.75 Å². The predicted octanol–water partition coefficient (Wildman–Crippen LogP) is -0.0393. The molecule has 0 unspecified atom stereocenters. The molecular weight excluding hydrogens is 171 g/mol. The van der Waals surface area contributed by atoms with E-state index in [2.05, 4.69) is 9.69 Å². The first-order valence-electron chi connectivity index (χ1n) is 3.79. The Bertz CT molecular complexity index is 249. The normalized spacial score (nSPS) is 9.77. The lowest BCUT2D eigenvalue weighted by atomic mass is 9.80. The van der Waals surface area contributed by atoms with Crippen LogP contribution in [0.15, 0.2) is 24.3 Å². The molecule has 13 heavy (non-hydrogen) atoms. The highest BCUT2D eigenvalue weighted by atomic mass is 17.2. The average molecular weight is 182 g/mol. The Hall–Kier alpha value is -1.04. The molecule has 0 saturated heterocycles. The van der Waals surface area contributed by atoms with Crippen molar-refractivity contribution < 1.29 is 19.5 Å². The van der Waals surface area contributed by atoms with Crippen molar-refractivity contribution in [2.45, 2.75) is 0 Å². The zero-order valence-electron chi connectivity index (χ0n) is 7.56. The molecule has 1 aromatic carbocycles. The van der Waals surface area contributed by atoms with Crippen LogP contribution >= 0.6 is 0 Å². The highest BCUT2D eigenvalue weighted by Crippen LogP contribution is 2.05. The predicted molar refractivity (Wildman–Crippen MR) is 48.7 cm³/mol. The maximum Gasteiger partial charge on any atom is 0.522 e. The van der Waals surface area contributed by atoms with Gasteiger partial charge in [-0.3, -0.25) is 9.69 Å². The second-order valence-corrected chi connectivity index (χ2v) is 2.39. The van der Waals surface area contributed by atoms with E-state index in [4.69, 9.17) is 4.74 Å². The van der Waals surface area contributed by atoms with E-state index in [-0.39, 0.29) is 0 Å². The van der Waals surface area contributed by atoms with Crippen LogP contribution in [-0.4, -0.2) is 26.4 Å². The quantitative estimate of drug-likeness (QED) is 0.403. The highest BCUT2D eigenvalue weighted by Gasteiger charge is 2.16. The summed E-state index contributed by atoms with van der Waals surface area (Å²) < 4.78 is 4.96. The Labute approximate surface area is 77.1 Å². The number of hydrogen-bond donors (Lipinski definition) is 1. The second kappa shape index (κ2) is 4.86. The number of rotatable bonds is 4. The van der Waals surface area contributed by atoms with Crippen molar-refractivity contribution >= 4 is 12.6 Å². The van der Waals surface area contributed by atoms with Gasteiger partial charge < -0.3 is 9.76 Å². The van der Waals surface area contributed by atoms with Crippen molar-refractivity contribution in [2.75, 3.05) is 14.2 Å². The monoisotopic (exact) mass is 182 g/mol. The van der Waals surface area contributed by atoms with E-state index in [1.807, 2.05) is 0 Å². The molecule has 0 radical (unpaired) electrons. The van der Waals surface area contributed by atoms with Gasteiger partial charge in [0.15, 0.2) is 0 Å². The Morgan fingerprint density at radius 1 is 1.15 bits per heavy atom. The fourth-order valence-electron chi connectivity index (χ4n) is 0.915. The Balaban J connectivity index is 2.67. The Kier molecular flexibility index (Phi) is 3.76. The Morgan fingerprint density at radius 3 is 2.23 bits per heavy atom. The molecule has 0 atom stereocenters. The van der Waals surface area contributed by atoms with Crippen molar-refractivity contribution in [1.82, 2.24) is 0 Å². The maximum absolute atomic E-state index is 9.30. The van der Waals surface area contributed by atoms with Gasteiger partial charge in [0.2, 0.25) is 0 Å². The molecule has 0 bridgehead atoms. The molecule has 0 saturated carbocycles. The Morgan fingerprint density at radius 2 is 1.77 bits per heavy atom. The smallest absolute Gasteiger partial charge is 0.497 e. The zero-order valence-corrected chi connectivity index (χ0v) is 7.56. The molecule has 5 heteroatoms. The number of methoxy groups -OCH3 is 1. The summed E-state index contributed by atoms with van der Waals surface area (Å²) >= 11 is 0. The first-order chi connectivity index (χ1) is 6.27. The summed E-state index contributed by atoms with van der Waals surface area (Å²) in [5.74, 6) is 0.730. The second-order valence-electron chi connectivity index (χ2n) is 2.39. The van der Waals surface area contributed by atoms with Crippen LogP contribution in [0.3, 0.4) is 0 Å². The molecule has 0 aromatic heterocycles. The third-order valence-corrected chi connectivity index (χ3v) is 1.59. The van der Waals surface area contributed by atoms with Gasteiger partial charge in [0.25, 0.3) is 0 Å². The SMILES string of the molecule is COOB(O)c1ccc(OC)cc1. The van der Waals surface area contributed by atoms with Gasteiger partial charge >= 0.3 is 7.12 Å². The number of benzene rings is 1. The van der Waals surface area contributed by atoms with E-state index < -0.39 is 7.12 Å². The third-order valence-electron chi connectivity index (χ3n) is 1.59. The summed E-state index contributed by atoms with van der Waals surface area (Å²) in [5.41, 5.74) is 0.614. The first-order valence-corrected chi connectivity index (χ1v) is 3.79. The molecule has 0 aliphatic rings. The summed E-state index contributed by atoms with van der Waals surface area (Å²) in [5, 5.41) is 9.30. The summed E-state index contributed by atoms with van der Waals surface area (Å²) in [7, 11) is 1.86. The largest absolute Gasteiger partial charge is 0.522 e. The van der Waals surface area contributed by atoms with Gasteiger partial charge in [-0.2, -0.15) is 0 Å². The van der Waals surface area contributed by atoms with E-state index in [9.17, 15) is 5.02 Å². The summed E-state index contributed by atoms with van der Waals surface area (Å²) in [6.45, 7) is 0. The van der Waals surface area contributed by atoms with Crippen molar-refractivity contribution in [3.63, 3.8) is 0 Å². The van der Waals surface area contributed by atoms with Gasteiger partial charge in [0, 0.05) is 0 Å². The number of hydrogen-bond acceptors (Lipinski definition) is 4. The molecule has 1 N–H and O–H groups in total.